The Morgan fingerprint density at radius 1 is 0.279 bits per heavy atom. The van der Waals surface area contributed by atoms with Crippen molar-refractivity contribution in [3.8, 4) is 22.6 Å². The van der Waals surface area contributed by atoms with Crippen LogP contribution in [-0.2, 0) is 0 Å². The summed E-state index contributed by atoms with van der Waals surface area (Å²) in [5.74, 6) is 0.616. The summed E-state index contributed by atoms with van der Waals surface area (Å²) < 4.78 is 6.67. The van der Waals surface area contributed by atoms with Gasteiger partial charge in [0.1, 0.15) is 5.52 Å². The number of hydrogen-bond donors (Lipinski definition) is 0. The van der Waals surface area contributed by atoms with E-state index >= 15 is 0 Å². The van der Waals surface area contributed by atoms with Crippen molar-refractivity contribution in [2.75, 3.05) is 14.7 Å². The standard InChI is InChI=1S/C63H44N4O/c1-6-20-47(21-7-1)63-64-59-41-40-46-39-38-45-22-17-37-58(60(45)61(46)62(59)68-63)48-23-16-32-53(42-48)66(51-28-12-4-13-29-51)55-34-19-36-57(44-55)67(52-30-14-5-15-31-52)56-35-18-33-54(43-56)65(49-24-8-2-9-25-49)50-26-10-3-11-27-50/h1-44H. The van der Waals surface area contributed by atoms with Crippen molar-refractivity contribution in [3.63, 3.8) is 0 Å². The number of rotatable bonds is 11. The van der Waals surface area contributed by atoms with E-state index in [0.717, 1.165) is 101 Å². The van der Waals surface area contributed by atoms with Gasteiger partial charge >= 0.3 is 0 Å². The predicted molar refractivity (Wildman–Crippen MR) is 284 cm³/mol. The van der Waals surface area contributed by atoms with Crippen molar-refractivity contribution in [3.05, 3.63) is 267 Å². The lowest BCUT2D eigenvalue weighted by atomic mass is 9.93. The minimum atomic E-state index is 0.616. The maximum Gasteiger partial charge on any atom is 0.227 e. The number of hydrogen-bond acceptors (Lipinski definition) is 5. The molecule has 0 atom stereocenters. The second-order valence-corrected chi connectivity index (χ2v) is 16.8. The molecule has 0 unspecified atom stereocenters. The zero-order valence-corrected chi connectivity index (χ0v) is 37.1. The summed E-state index contributed by atoms with van der Waals surface area (Å²) in [4.78, 5) is 12.0. The molecule has 322 valence electrons. The highest BCUT2D eigenvalue weighted by Gasteiger charge is 2.21. The molecule has 12 rings (SSSR count). The second-order valence-electron chi connectivity index (χ2n) is 16.8. The Kier molecular flexibility index (Phi) is 10.5. The minimum Gasteiger partial charge on any atom is -0.435 e. The molecule has 0 amide bonds. The number of oxazole rings is 1. The molecular formula is C63H44N4O. The van der Waals surface area contributed by atoms with Gasteiger partial charge in [-0.25, -0.2) is 4.98 Å². The normalized spacial score (nSPS) is 11.2. The van der Waals surface area contributed by atoms with E-state index in [2.05, 4.69) is 251 Å². The largest absolute Gasteiger partial charge is 0.435 e. The molecule has 5 heteroatoms. The number of para-hydroxylation sites is 4. The van der Waals surface area contributed by atoms with Gasteiger partial charge in [-0.1, -0.05) is 152 Å². The molecule has 12 aromatic rings. The number of fused-ring (bicyclic) bond motifs is 5. The van der Waals surface area contributed by atoms with Crippen molar-refractivity contribution in [1.82, 2.24) is 4.98 Å². The lowest BCUT2D eigenvalue weighted by Crippen LogP contribution is -2.14. The predicted octanol–water partition coefficient (Wildman–Crippen LogP) is 17.9. The van der Waals surface area contributed by atoms with E-state index in [0.29, 0.717) is 5.89 Å². The summed E-state index contributed by atoms with van der Waals surface area (Å²) in [5, 5.41) is 4.44. The quantitative estimate of drug-likeness (QED) is 0.121. The van der Waals surface area contributed by atoms with E-state index in [1.165, 1.54) is 0 Å². The molecule has 0 saturated heterocycles. The van der Waals surface area contributed by atoms with Crippen LogP contribution in [0.1, 0.15) is 0 Å². The van der Waals surface area contributed by atoms with Gasteiger partial charge in [0.2, 0.25) is 5.89 Å². The van der Waals surface area contributed by atoms with Crippen LogP contribution in [-0.4, -0.2) is 4.98 Å². The Bertz CT molecular complexity index is 3650. The van der Waals surface area contributed by atoms with Crippen LogP contribution in [0.5, 0.6) is 0 Å². The third kappa shape index (κ3) is 7.58. The van der Waals surface area contributed by atoms with Gasteiger partial charge in [-0.3, -0.25) is 0 Å². The zero-order chi connectivity index (χ0) is 45.2. The van der Waals surface area contributed by atoms with Crippen LogP contribution < -0.4 is 14.7 Å². The van der Waals surface area contributed by atoms with Crippen LogP contribution in [0.4, 0.5) is 51.2 Å². The Morgan fingerprint density at radius 3 is 1.15 bits per heavy atom. The highest BCUT2D eigenvalue weighted by Crippen LogP contribution is 2.45. The summed E-state index contributed by atoms with van der Waals surface area (Å²) >= 11 is 0. The van der Waals surface area contributed by atoms with Gasteiger partial charge in [-0.15, -0.1) is 0 Å². The third-order valence-electron chi connectivity index (χ3n) is 12.6. The van der Waals surface area contributed by atoms with Crippen molar-refractivity contribution in [2.24, 2.45) is 0 Å². The lowest BCUT2D eigenvalue weighted by Gasteiger charge is -2.31. The fourth-order valence-electron chi connectivity index (χ4n) is 9.52. The van der Waals surface area contributed by atoms with Crippen molar-refractivity contribution < 1.29 is 4.42 Å². The molecule has 0 spiro atoms. The lowest BCUT2D eigenvalue weighted by molar-refractivity contribution is 0.623. The summed E-state index contributed by atoms with van der Waals surface area (Å²) in [6.45, 7) is 0. The van der Waals surface area contributed by atoms with Gasteiger partial charge in [0.15, 0.2) is 5.58 Å². The van der Waals surface area contributed by atoms with E-state index in [1.807, 2.05) is 30.3 Å². The Balaban J connectivity index is 0.990. The van der Waals surface area contributed by atoms with Gasteiger partial charge in [0.25, 0.3) is 0 Å². The summed E-state index contributed by atoms with van der Waals surface area (Å²) in [7, 11) is 0. The fourth-order valence-corrected chi connectivity index (χ4v) is 9.52. The molecule has 0 aliphatic rings. The molecule has 0 aliphatic carbocycles. The van der Waals surface area contributed by atoms with Crippen molar-refractivity contribution in [2.45, 2.75) is 0 Å². The molecule has 1 heterocycles. The van der Waals surface area contributed by atoms with Crippen LogP contribution in [0.15, 0.2) is 271 Å². The first-order valence-corrected chi connectivity index (χ1v) is 23.0. The number of anilines is 9. The Morgan fingerprint density at radius 2 is 0.647 bits per heavy atom. The van der Waals surface area contributed by atoms with Crippen LogP contribution in [0.3, 0.4) is 0 Å². The van der Waals surface area contributed by atoms with Crippen LogP contribution >= 0.6 is 0 Å². The summed E-state index contributed by atoms with van der Waals surface area (Å²) in [5.41, 5.74) is 14.3. The number of aromatic nitrogens is 1. The third-order valence-corrected chi connectivity index (χ3v) is 12.6. The second kappa shape index (κ2) is 17.7. The number of nitrogens with zero attached hydrogens (tertiary/aromatic N) is 4. The van der Waals surface area contributed by atoms with Gasteiger partial charge in [-0.05, 0) is 137 Å². The molecule has 0 fully saturated rings. The van der Waals surface area contributed by atoms with Gasteiger partial charge in [0.05, 0.1) is 0 Å². The van der Waals surface area contributed by atoms with E-state index < -0.39 is 0 Å². The molecule has 68 heavy (non-hydrogen) atoms. The maximum atomic E-state index is 6.67. The first kappa shape index (κ1) is 40.3. The van der Waals surface area contributed by atoms with E-state index in [-0.39, 0.29) is 0 Å². The minimum absolute atomic E-state index is 0.616. The summed E-state index contributed by atoms with van der Waals surface area (Å²) in [6.07, 6.45) is 0. The highest BCUT2D eigenvalue weighted by molar-refractivity contribution is 6.22. The van der Waals surface area contributed by atoms with Crippen LogP contribution in [0.2, 0.25) is 0 Å². The highest BCUT2D eigenvalue weighted by atomic mass is 16.3. The molecule has 5 nitrogen and oxygen atoms in total. The smallest absolute Gasteiger partial charge is 0.227 e. The van der Waals surface area contributed by atoms with Crippen molar-refractivity contribution >= 4 is 83.8 Å². The number of benzene rings is 11. The van der Waals surface area contributed by atoms with Gasteiger partial charge in [0, 0.05) is 67.5 Å². The SMILES string of the molecule is c1ccc(-c2nc3ccc4ccc5cccc(-c6cccc(N(c7ccccc7)c7cccc(N(c8ccccc8)c8cccc(N(c9ccccc9)c9ccccc9)c8)c7)c6)c5c4c3o2)cc1. The Hall–Kier alpha value is -9.19. The molecular weight excluding hydrogens is 829 g/mol. The van der Waals surface area contributed by atoms with Gasteiger partial charge in [-0.2, -0.15) is 0 Å². The maximum absolute atomic E-state index is 6.67. The molecule has 0 bridgehead atoms. The molecule has 1 aromatic heterocycles. The summed E-state index contributed by atoms with van der Waals surface area (Å²) in [6, 6.07) is 94.2. The zero-order valence-electron chi connectivity index (χ0n) is 37.1. The topological polar surface area (TPSA) is 35.8 Å². The monoisotopic (exact) mass is 872 g/mol. The van der Waals surface area contributed by atoms with Crippen LogP contribution in [0.25, 0.3) is 55.2 Å². The molecule has 0 N–H and O–H groups in total. The van der Waals surface area contributed by atoms with E-state index in [1.54, 1.807) is 0 Å². The van der Waals surface area contributed by atoms with Crippen LogP contribution in [0, 0.1) is 0 Å². The van der Waals surface area contributed by atoms with Gasteiger partial charge < -0.3 is 19.1 Å². The fraction of sp³-hybridized carbons (Fsp3) is 0. The van der Waals surface area contributed by atoms with E-state index in [4.69, 9.17) is 9.40 Å². The average molecular weight is 873 g/mol. The molecule has 11 aromatic carbocycles. The van der Waals surface area contributed by atoms with Crippen molar-refractivity contribution in [1.29, 1.82) is 0 Å². The first-order chi connectivity index (χ1) is 33.7. The molecule has 0 aliphatic heterocycles. The Labute approximate surface area is 395 Å². The molecule has 0 saturated carbocycles. The molecule has 0 radical (unpaired) electrons. The first-order valence-electron chi connectivity index (χ1n) is 23.0. The van der Waals surface area contributed by atoms with E-state index in [9.17, 15) is 0 Å². The average Bonchev–Trinajstić information content (AvgIpc) is 3.86.